The minimum Gasteiger partial charge on any atom is -0.390 e. The van der Waals surface area contributed by atoms with Crippen molar-refractivity contribution in [3.05, 3.63) is 0 Å². The molecule has 0 radical (unpaired) electrons. The van der Waals surface area contributed by atoms with Gasteiger partial charge >= 0.3 is 0 Å². The lowest BCUT2D eigenvalue weighted by Gasteiger charge is -2.41. The van der Waals surface area contributed by atoms with E-state index < -0.39 is 11.7 Å². The van der Waals surface area contributed by atoms with Crippen LogP contribution in [0.1, 0.15) is 48.0 Å². The van der Waals surface area contributed by atoms with Gasteiger partial charge in [-0.3, -0.25) is 4.90 Å². The third-order valence-electron chi connectivity index (χ3n) is 5.00. The molecule has 4 unspecified atom stereocenters. The molecular formula is C16H31NO3. The zero-order valence-corrected chi connectivity index (χ0v) is 13.8. The van der Waals surface area contributed by atoms with Crippen LogP contribution < -0.4 is 0 Å². The Morgan fingerprint density at radius 2 is 1.85 bits per heavy atom. The average molecular weight is 285 g/mol. The molecule has 2 fully saturated rings. The highest BCUT2D eigenvalue weighted by Gasteiger charge is 2.53. The van der Waals surface area contributed by atoms with Crippen molar-refractivity contribution in [1.82, 2.24) is 4.90 Å². The highest BCUT2D eigenvalue weighted by molar-refractivity contribution is 5.03. The van der Waals surface area contributed by atoms with E-state index in [0.29, 0.717) is 6.04 Å². The van der Waals surface area contributed by atoms with Gasteiger partial charge in [0, 0.05) is 25.0 Å². The van der Waals surface area contributed by atoms with Crippen molar-refractivity contribution in [2.24, 2.45) is 5.92 Å². The summed E-state index contributed by atoms with van der Waals surface area (Å²) in [5, 5.41) is 10.6. The molecule has 118 valence electrons. The molecule has 0 spiro atoms. The predicted octanol–water partition coefficient (Wildman–Crippen LogP) is 2.05. The maximum Gasteiger partial charge on any atom is 0.0896 e. The number of aliphatic hydroxyl groups is 1. The minimum absolute atomic E-state index is 0.136. The number of morpholine rings is 1. The third kappa shape index (κ3) is 3.03. The van der Waals surface area contributed by atoms with Crippen molar-refractivity contribution < 1.29 is 14.6 Å². The fourth-order valence-corrected chi connectivity index (χ4v) is 3.76. The minimum atomic E-state index is -0.465. The van der Waals surface area contributed by atoms with E-state index >= 15 is 0 Å². The Kier molecular flexibility index (Phi) is 4.51. The number of aliphatic hydroxyl groups excluding tert-OH is 1. The van der Waals surface area contributed by atoms with Crippen LogP contribution in [0.15, 0.2) is 0 Å². The van der Waals surface area contributed by atoms with Gasteiger partial charge in [-0.1, -0.05) is 6.92 Å². The van der Waals surface area contributed by atoms with Crippen molar-refractivity contribution in [2.45, 2.75) is 77.4 Å². The Bertz CT molecular complexity index is 343. The highest BCUT2D eigenvalue weighted by atomic mass is 16.5. The molecule has 0 aromatic heterocycles. The molecule has 0 aliphatic carbocycles. The second kappa shape index (κ2) is 5.56. The molecule has 2 aliphatic rings. The van der Waals surface area contributed by atoms with Crippen LogP contribution in [0.5, 0.6) is 0 Å². The van der Waals surface area contributed by atoms with Crippen LogP contribution in [-0.4, -0.2) is 59.2 Å². The van der Waals surface area contributed by atoms with Crippen molar-refractivity contribution >= 4 is 0 Å². The number of rotatable bonds is 3. The lowest BCUT2D eigenvalue weighted by atomic mass is 9.83. The molecule has 2 saturated heterocycles. The van der Waals surface area contributed by atoms with Gasteiger partial charge in [-0.05, 0) is 41.0 Å². The highest BCUT2D eigenvalue weighted by Crippen LogP contribution is 2.43. The van der Waals surface area contributed by atoms with Crippen molar-refractivity contribution in [2.75, 3.05) is 19.7 Å². The lowest BCUT2D eigenvalue weighted by molar-refractivity contribution is -0.0951. The Morgan fingerprint density at radius 1 is 1.20 bits per heavy atom. The van der Waals surface area contributed by atoms with Crippen molar-refractivity contribution in [3.63, 3.8) is 0 Å². The maximum atomic E-state index is 10.6. The van der Waals surface area contributed by atoms with Gasteiger partial charge in [-0.25, -0.2) is 0 Å². The van der Waals surface area contributed by atoms with Gasteiger partial charge in [0.15, 0.2) is 0 Å². The number of hydrogen-bond donors (Lipinski definition) is 1. The zero-order valence-electron chi connectivity index (χ0n) is 13.8. The second-order valence-electron chi connectivity index (χ2n) is 7.52. The van der Waals surface area contributed by atoms with Gasteiger partial charge in [-0.15, -0.1) is 0 Å². The topological polar surface area (TPSA) is 41.9 Å². The molecule has 2 rings (SSSR count). The van der Waals surface area contributed by atoms with Crippen LogP contribution >= 0.6 is 0 Å². The number of nitrogens with zero attached hydrogens (tertiary/aromatic N) is 1. The van der Waals surface area contributed by atoms with Crippen LogP contribution in [0, 0.1) is 5.92 Å². The molecule has 4 nitrogen and oxygen atoms in total. The van der Waals surface area contributed by atoms with Crippen molar-refractivity contribution in [3.8, 4) is 0 Å². The van der Waals surface area contributed by atoms with E-state index in [2.05, 4.69) is 32.6 Å². The summed E-state index contributed by atoms with van der Waals surface area (Å²) in [7, 11) is 0. The van der Waals surface area contributed by atoms with Crippen LogP contribution in [-0.2, 0) is 9.47 Å². The van der Waals surface area contributed by atoms with E-state index in [4.69, 9.17) is 9.47 Å². The smallest absolute Gasteiger partial charge is 0.0896 e. The summed E-state index contributed by atoms with van der Waals surface area (Å²) in [6, 6.07) is 0.456. The molecule has 1 N–H and O–H groups in total. The molecular weight excluding hydrogens is 254 g/mol. The van der Waals surface area contributed by atoms with Gasteiger partial charge < -0.3 is 14.6 Å². The largest absolute Gasteiger partial charge is 0.390 e. The first-order valence-corrected chi connectivity index (χ1v) is 7.91. The summed E-state index contributed by atoms with van der Waals surface area (Å²) < 4.78 is 11.9. The first kappa shape index (κ1) is 16.2. The van der Waals surface area contributed by atoms with Crippen LogP contribution in [0.3, 0.4) is 0 Å². The SMILES string of the molecule is CCC1COC(C)CN1CC1C(O)C(C)(C)OC1(C)C. The molecule has 2 aliphatic heterocycles. The van der Waals surface area contributed by atoms with Crippen LogP contribution in [0.4, 0.5) is 0 Å². The average Bonchev–Trinajstić information content (AvgIpc) is 2.48. The quantitative estimate of drug-likeness (QED) is 0.862. The summed E-state index contributed by atoms with van der Waals surface area (Å²) in [5.41, 5.74) is -0.753. The first-order valence-electron chi connectivity index (χ1n) is 7.91. The summed E-state index contributed by atoms with van der Waals surface area (Å²) in [6.07, 6.45) is 0.932. The summed E-state index contributed by atoms with van der Waals surface area (Å²) in [4.78, 5) is 2.48. The second-order valence-corrected chi connectivity index (χ2v) is 7.52. The van der Waals surface area contributed by atoms with E-state index in [1.54, 1.807) is 0 Å². The molecule has 4 atom stereocenters. The number of ether oxygens (including phenoxy) is 2. The molecule has 20 heavy (non-hydrogen) atoms. The van der Waals surface area contributed by atoms with Crippen LogP contribution in [0.25, 0.3) is 0 Å². The summed E-state index contributed by atoms with van der Waals surface area (Å²) in [6.45, 7) is 15.1. The monoisotopic (exact) mass is 285 g/mol. The standard InChI is InChI=1S/C16H31NO3/c1-7-12-10-19-11(2)8-17(12)9-13-14(18)16(5,6)20-15(13,3)4/h11-14,18H,7-10H2,1-6H3. The maximum absolute atomic E-state index is 10.6. The fourth-order valence-electron chi connectivity index (χ4n) is 3.76. The van der Waals surface area contributed by atoms with E-state index in [1.165, 1.54) is 0 Å². The van der Waals surface area contributed by atoms with Gasteiger partial charge in [0.05, 0.1) is 30.0 Å². The molecule has 0 amide bonds. The predicted molar refractivity (Wildman–Crippen MR) is 79.8 cm³/mol. The van der Waals surface area contributed by atoms with E-state index in [-0.39, 0.29) is 17.6 Å². The Balaban J connectivity index is 2.11. The number of hydrogen-bond acceptors (Lipinski definition) is 4. The zero-order chi connectivity index (χ0) is 15.1. The van der Waals surface area contributed by atoms with Crippen molar-refractivity contribution in [1.29, 1.82) is 0 Å². The summed E-state index contributed by atoms with van der Waals surface area (Å²) in [5.74, 6) is 0.136. The van der Waals surface area contributed by atoms with Crippen LogP contribution in [0.2, 0.25) is 0 Å². The van der Waals surface area contributed by atoms with Gasteiger partial charge in [-0.2, -0.15) is 0 Å². The molecule has 0 saturated carbocycles. The van der Waals surface area contributed by atoms with Gasteiger partial charge in [0.1, 0.15) is 0 Å². The molecule has 2 heterocycles. The molecule has 4 heteroatoms. The molecule has 0 bridgehead atoms. The van der Waals surface area contributed by atoms with E-state index in [1.807, 2.05) is 13.8 Å². The first-order chi connectivity index (χ1) is 9.17. The fraction of sp³-hybridized carbons (Fsp3) is 1.00. The molecule has 0 aromatic rings. The van der Waals surface area contributed by atoms with E-state index in [9.17, 15) is 5.11 Å². The van der Waals surface area contributed by atoms with E-state index in [0.717, 1.165) is 26.1 Å². The van der Waals surface area contributed by atoms with Gasteiger partial charge in [0.2, 0.25) is 0 Å². The Morgan fingerprint density at radius 3 is 2.35 bits per heavy atom. The normalized spacial score (nSPS) is 41.0. The molecule has 0 aromatic carbocycles. The summed E-state index contributed by atoms with van der Waals surface area (Å²) >= 11 is 0. The van der Waals surface area contributed by atoms with Gasteiger partial charge in [0.25, 0.3) is 0 Å². The Labute approximate surface area is 123 Å². The Hall–Kier alpha value is -0.160. The third-order valence-corrected chi connectivity index (χ3v) is 5.00. The lowest BCUT2D eigenvalue weighted by Crippen LogP contribution is -2.53.